The highest BCUT2D eigenvalue weighted by Gasteiger charge is 2.25. The van der Waals surface area contributed by atoms with Crippen LogP contribution < -0.4 is 14.8 Å². The Balaban J connectivity index is 2.90. The third-order valence-electron chi connectivity index (χ3n) is 4.05. The second kappa shape index (κ2) is 8.78. The Morgan fingerprint density at radius 2 is 1.71 bits per heavy atom. The molecule has 21 heavy (non-hydrogen) atoms. The fourth-order valence-corrected chi connectivity index (χ4v) is 2.25. The Hall–Kier alpha value is -1.42. The van der Waals surface area contributed by atoms with Crippen molar-refractivity contribution in [2.75, 3.05) is 31.7 Å². The zero-order valence-corrected chi connectivity index (χ0v) is 13.7. The molecule has 0 saturated carbocycles. The average Bonchev–Trinajstić information content (AvgIpc) is 2.52. The molecule has 4 nitrogen and oxygen atoms in total. The summed E-state index contributed by atoms with van der Waals surface area (Å²) in [6.07, 6.45) is 1.87. The van der Waals surface area contributed by atoms with Crippen LogP contribution in [0.1, 0.15) is 40.5 Å². The monoisotopic (exact) mass is 295 g/mol. The fraction of sp³-hybridized carbons (Fsp3) is 0.647. The molecule has 2 N–H and O–H groups in total. The van der Waals surface area contributed by atoms with Gasteiger partial charge >= 0.3 is 0 Å². The van der Waals surface area contributed by atoms with Crippen molar-refractivity contribution in [3.05, 3.63) is 18.2 Å². The Morgan fingerprint density at radius 3 is 2.24 bits per heavy atom. The minimum atomic E-state index is -0.0922. The minimum absolute atomic E-state index is 0.0922. The van der Waals surface area contributed by atoms with Crippen LogP contribution in [0.25, 0.3) is 0 Å². The molecule has 0 saturated heterocycles. The molecule has 0 heterocycles. The Bertz CT molecular complexity index is 408. The van der Waals surface area contributed by atoms with E-state index in [2.05, 4.69) is 19.2 Å². The Labute approximate surface area is 128 Å². The molecule has 1 aromatic carbocycles. The van der Waals surface area contributed by atoms with Gasteiger partial charge < -0.3 is 19.9 Å². The number of aliphatic hydroxyl groups excluding tert-OH is 1. The van der Waals surface area contributed by atoms with Gasteiger partial charge in [0.1, 0.15) is 11.5 Å². The van der Waals surface area contributed by atoms with Crippen LogP contribution in [0.5, 0.6) is 11.5 Å². The molecule has 0 aliphatic rings. The highest BCUT2D eigenvalue weighted by molar-refractivity contribution is 5.60. The fourth-order valence-electron chi connectivity index (χ4n) is 2.25. The van der Waals surface area contributed by atoms with Crippen molar-refractivity contribution in [2.45, 2.75) is 40.5 Å². The maximum atomic E-state index is 9.67. The number of benzene rings is 1. The van der Waals surface area contributed by atoms with Crippen molar-refractivity contribution in [1.82, 2.24) is 0 Å². The predicted octanol–water partition coefficient (Wildman–Crippen LogP) is 3.69. The molecule has 0 aliphatic carbocycles. The molecule has 1 aromatic rings. The Morgan fingerprint density at radius 1 is 1.05 bits per heavy atom. The van der Waals surface area contributed by atoms with Crippen LogP contribution >= 0.6 is 0 Å². The van der Waals surface area contributed by atoms with Gasteiger partial charge in [0, 0.05) is 18.0 Å². The van der Waals surface area contributed by atoms with E-state index in [4.69, 9.17) is 9.47 Å². The summed E-state index contributed by atoms with van der Waals surface area (Å²) in [7, 11) is 0. The van der Waals surface area contributed by atoms with Gasteiger partial charge in [-0.15, -0.1) is 0 Å². The van der Waals surface area contributed by atoms with E-state index in [-0.39, 0.29) is 12.0 Å². The molecule has 120 valence electrons. The van der Waals surface area contributed by atoms with Crippen LogP contribution in [-0.2, 0) is 0 Å². The molecule has 0 unspecified atom stereocenters. The van der Waals surface area contributed by atoms with E-state index in [1.54, 1.807) is 0 Å². The summed E-state index contributed by atoms with van der Waals surface area (Å²) in [4.78, 5) is 0. The summed E-state index contributed by atoms with van der Waals surface area (Å²) in [6, 6.07) is 5.80. The van der Waals surface area contributed by atoms with Crippen LogP contribution in [0, 0.1) is 5.41 Å². The van der Waals surface area contributed by atoms with Crippen LogP contribution in [0.15, 0.2) is 18.2 Å². The number of anilines is 1. The van der Waals surface area contributed by atoms with Crippen molar-refractivity contribution in [1.29, 1.82) is 0 Å². The lowest BCUT2D eigenvalue weighted by molar-refractivity contribution is 0.127. The largest absolute Gasteiger partial charge is 0.494 e. The highest BCUT2D eigenvalue weighted by Crippen LogP contribution is 2.32. The molecule has 0 aromatic heterocycles. The first-order valence-electron chi connectivity index (χ1n) is 7.89. The first-order valence-corrected chi connectivity index (χ1v) is 7.89. The van der Waals surface area contributed by atoms with Gasteiger partial charge in [-0.25, -0.2) is 0 Å². The second-order valence-corrected chi connectivity index (χ2v) is 5.24. The van der Waals surface area contributed by atoms with Gasteiger partial charge in [-0.05, 0) is 38.8 Å². The zero-order chi connectivity index (χ0) is 15.7. The first-order chi connectivity index (χ1) is 10.1. The van der Waals surface area contributed by atoms with Crippen LogP contribution in [0.2, 0.25) is 0 Å². The number of ether oxygens (including phenoxy) is 2. The number of nitrogens with one attached hydrogen (secondary N) is 1. The van der Waals surface area contributed by atoms with E-state index < -0.39 is 0 Å². The lowest BCUT2D eigenvalue weighted by Gasteiger charge is -2.30. The van der Waals surface area contributed by atoms with E-state index >= 15 is 0 Å². The van der Waals surface area contributed by atoms with Crippen molar-refractivity contribution in [2.24, 2.45) is 5.41 Å². The van der Waals surface area contributed by atoms with Gasteiger partial charge in [0.25, 0.3) is 0 Å². The average molecular weight is 295 g/mol. The van der Waals surface area contributed by atoms with E-state index in [1.807, 2.05) is 32.0 Å². The van der Waals surface area contributed by atoms with Gasteiger partial charge in [-0.1, -0.05) is 13.8 Å². The predicted molar refractivity (Wildman–Crippen MR) is 87.4 cm³/mol. The quantitative estimate of drug-likeness (QED) is 0.691. The van der Waals surface area contributed by atoms with Crippen LogP contribution in [0.4, 0.5) is 5.69 Å². The van der Waals surface area contributed by atoms with Gasteiger partial charge in [0.15, 0.2) is 0 Å². The topological polar surface area (TPSA) is 50.7 Å². The third kappa shape index (κ3) is 4.81. The number of aliphatic hydroxyl groups is 1. The summed E-state index contributed by atoms with van der Waals surface area (Å²) >= 11 is 0. The van der Waals surface area contributed by atoms with E-state index in [0.717, 1.165) is 30.0 Å². The molecule has 1 rings (SSSR count). The first kappa shape index (κ1) is 17.6. The molecule has 0 aliphatic heterocycles. The smallest absolute Gasteiger partial charge is 0.142 e. The molecule has 0 spiro atoms. The lowest BCUT2D eigenvalue weighted by atomic mass is 9.83. The molecule has 0 bridgehead atoms. The van der Waals surface area contributed by atoms with Gasteiger partial charge in [-0.2, -0.15) is 0 Å². The SMILES string of the molecule is CCOc1ccc(OCC)c(NCC(CC)(CC)CO)c1. The Kier molecular flexibility index (Phi) is 7.37. The van der Waals surface area contributed by atoms with Crippen molar-refractivity contribution < 1.29 is 14.6 Å². The van der Waals surface area contributed by atoms with Crippen molar-refractivity contribution in [3.8, 4) is 11.5 Å². The maximum Gasteiger partial charge on any atom is 0.142 e. The van der Waals surface area contributed by atoms with E-state index in [0.29, 0.717) is 19.8 Å². The standard InChI is InChI=1S/C17H29NO3/c1-5-17(6-2,13-19)12-18-15-11-14(20-7-3)9-10-16(15)21-8-4/h9-11,18-19H,5-8,12-13H2,1-4H3. The normalized spacial score (nSPS) is 11.3. The van der Waals surface area contributed by atoms with Crippen molar-refractivity contribution in [3.63, 3.8) is 0 Å². The molecule has 0 atom stereocenters. The molecular weight excluding hydrogens is 266 g/mol. The van der Waals surface area contributed by atoms with Gasteiger partial charge in [0.05, 0.1) is 25.5 Å². The van der Waals surface area contributed by atoms with E-state index in [9.17, 15) is 5.11 Å². The van der Waals surface area contributed by atoms with Crippen LogP contribution in [-0.4, -0.2) is 31.5 Å². The summed E-state index contributed by atoms with van der Waals surface area (Å²) in [5, 5.41) is 13.1. The zero-order valence-electron chi connectivity index (χ0n) is 13.7. The summed E-state index contributed by atoms with van der Waals surface area (Å²) in [6.45, 7) is 10.3. The third-order valence-corrected chi connectivity index (χ3v) is 4.05. The minimum Gasteiger partial charge on any atom is -0.494 e. The summed E-state index contributed by atoms with van der Waals surface area (Å²) in [5.41, 5.74) is 0.827. The van der Waals surface area contributed by atoms with E-state index in [1.165, 1.54) is 0 Å². The summed E-state index contributed by atoms with van der Waals surface area (Å²) in [5.74, 6) is 1.64. The maximum absolute atomic E-state index is 9.67. The van der Waals surface area contributed by atoms with Gasteiger partial charge in [-0.3, -0.25) is 0 Å². The molecule has 0 radical (unpaired) electrons. The molecular formula is C17H29NO3. The number of rotatable bonds is 10. The van der Waals surface area contributed by atoms with Crippen molar-refractivity contribution >= 4 is 5.69 Å². The number of hydrogen-bond donors (Lipinski definition) is 2. The summed E-state index contributed by atoms with van der Waals surface area (Å²) < 4.78 is 11.2. The van der Waals surface area contributed by atoms with Crippen LogP contribution in [0.3, 0.4) is 0 Å². The molecule has 0 fully saturated rings. The highest BCUT2D eigenvalue weighted by atomic mass is 16.5. The second-order valence-electron chi connectivity index (χ2n) is 5.24. The lowest BCUT2D eigenvalue weighted by Crippen LogP contribution is -2.32. The number of hydrogen-bond acceptors (Lipinski definition) is 4. The van der Waals surface area contributed by atoms with Gasteiger partial charge in [0.2, 0.25) is 0 Å². The molecule has 4 heteroatoms. The molecule has 0 amide bonds.